The lowest BCUT2D eigenvalue weighted by Gasteiger charge is -2.27. The van der Waals surface area contributed by atoms with Gasteiger partial charge in [-0.05, 0) is 83.6 Å². The molecule has 0 radical (unpaired) electrons. The fraction of sp³-hybridized carbons (Fsp3) is 0.480. The molecule has 33 heteroatoms. The van der Waals surface area contributed by atoms with Gasteiger partial charge in [0.15, 0.2) is 11.2 Å². The monoisotopic (exact) mass is 1180 g/mol. The summed E-state index contributed by atoms with van der Waals surface area (Å²) in [6.07, 6.45) is -4.94. The summed E-state index contributed by atoms with van der Waals surface area (Å²) < 4.78 is 0. The van der Waals surface area contributed by atoms with E-state index in [1.807, 2.05) is 0 Å². The van der Waals surface area contributed by atoms with Crippen LogP contribution in [-0.4, -0.2) is 171 Å². The number of H-pyrrole nitrogens is 1. The number of nitrogens with one attached hydrogen (secondary N) is 9. The first-order valence-electron chi connectivity index (χ1n) is 25.5. The summed E-state index contributed by atoms with van der Waals surface area (Å²) in [6, 6.07) is -6.12. The van der Waals surface area contributed by atoms with Crippen molar-refractivity contribution < 1.29 is 87.5 Å². The van der Waals surface area contributed by atoms with Crippen molar-refractivity contribution in [1.29, 1.82) is 0 Å². The van der Waals surface area contributed by atoms with Gasteiger partial charge >= 0.3 is 23.9 Å². The zero-order valence-electron chi connectivity index (χ0n) is 45.1. The number of fused-ring (bicyclic) bond motifs is 1. The summed E-state index contributed by atoms with van der Waals surface area (Å²) in [5.74, 6) is -15.5. The van der Waals surface area contributed by atoms with Gasteiger partial charge in [0.05, 0.1) is 18.4 Å². The van der Waals surface area contributed by atoms with Crippen molar-refractivity contribution in [2.24, 2.45) is 0 Å². The Morgan fingerprint density at radius 3 is 1.33 bits per heavy atom. The lowest BCUT2D eigenvalue weighted by atomic mass is 10.0. The number of anilines is 2. The number of hydrogen-bond donors (Lipinski definition) is 15. The van der Waals surface area contributed by atoms with Crippen LogP contribution in [0.15, 0.2) is 35.3 Å². The second kappa shape index (κ2) is 33.4. The molecule has 15 N–H and O–H groups in total. The molecule has 7 amide bonds. The summed E-state index contributed by atoms with van der Waals surface area (Å²) in [7, 11) is 0. The minimum absolute atomic E-state index is 0.0157. The zero-order chi connectivity index (χ0) is 62.1. The molecular formula is C50H65N13O19S. The first kappa shape index (κ1) is 67.8. The number of aliphatic carboxylic acids is 4. The third kappa shape index (κ3) is 24.1. The molecular weight excluding hydrogens is 1120 g/mol. The highest BCUT2D eigenvalue weighted by atomic mass is 32.1. The summed E-state index contributed by atoms with van der Waals surface area (Å²) in [5.41, 5.74) is 5.82. The van der Waals surface area contributed by atoms with E-state index in [-0.39, 0.29) is 54.2 Å². The van der Waals surface area contributed by atoms with Gasteiger partial charge in [-0.2, -0.15) is 17.6 Å². The summed E-state index contributed by atoms with van der Waals surface area (Å²) >= 11 is 3.88. The van der Waals surface area contributed by atoms with Gasteiger partial charge in [-0.3, -0.25) is 52.9 Å². The maximum atomic E-state index is 14.0. The van der Waals surface area contributed by atoms with Crippen molar-refractivity contribution >= 4 is 118 Å². The van der Waals surface area contributed by atoms with E-state index in [0.29, 0.717) is 11.4 Å². The van der Waals surface area contributed by atoms with Crippen molar-refractivity contribution in [1.82, 2.24) is 57.2 Å². The highest BCUT2D eigenvalue weighted by Crippen LogP contribution is 2.14. The summed E-state index contributed by atoms with van der Waals surface area (Å²) in [5, 5.41) is 57.3. The number of carbonyl (C=O) groups is 14. The van der Waals surface area contributed by atoms with Crippen LogP contribution in [0.2, 0.25) is 0 Å². The molecule has 32 nitrogen and oxygen atoms in total. The number of aromatic amines is 1. The number of benzene rings is 1. The Labute approximate surface area is 476 Å². The van der Waals surface area contributed by atoms with E-state index in [2.05, 4.69) is 75.1 Å². The number of Topliss-reactive ketones (excluding diaryl/α,β-unsaturated/α-hetero) is 3. The molecule has 3 aromatic rings. The predicted octanol–water partition coefficient (Wildman–Crippen LogP) is -2.37. The molecule has 450 valence electrons. The first-order valence-corrected chi connectivity index (χ1v) is 26.2. The highest BCUT2D eigenvalue weighted by molar-refractivity contribution is 7.80. The van der Waals surface area contributed by atoms with Crippen molar-refractivity contribution in [3.05, 3.63) is 52.1 Å². The summed E-state index contributed by atoms with van der Waals surface area (Å²) in [6.45, 7) is 3.56. The molecule has 0 aliphatic heterocycles. The van der Waals surface area contributed by atoms with Crippen LogP contribution in [0.5, 0.6) is 0 Å². The second-order valence-corrected chi connectivity index (χ2v) is 19.2. The van der Waals surface area contributed by atoms with Crippen LogP contribution in [0.25, 0.3) is 11.2 Å². The van der Waals surface area contributed by atoms with Crippen LogP contribution in [0.4, 0.5) is 11.6 Å². The molecule has 1 aromatic carbocycles. The summed E-state index contributed by atoms with van der Waals surface area (Å²) in [4.78, 5) is 205. The minimum Gasteiger partial charge on any atom is -0.481 e. The molecule has 0 aliphatic carbocycles. The first-order chi connectivity index (χ1) is 39.1. The normalized spacial score (nSPS) is 13.4. The molecule has 7 atom stereocenters. The topological polar surface area (TPSA) is 514 Å². The standard InChI is InChI=1S/C50H65N13O19S/c1-23(64)4-11-29(55-36(67)17-14-34(48(79)80)60-41(72)26-7-9-27(10-8-26)52-20-28-21-53-40-39(54-28)47(78)63-50(51)62-40)42(73)58-32(15-18-37(68)69)44(75)56-30(12-5-24(2)65)43(74)59-33(16-19-38(70)71)45(76)57-31(13-6-25(3)66)46(77)61-35(22-83)49(81)82/h7-10,21,29-35,52,83H,4-6,11-20,22H2,1-3H3,(H,55,67)(H,56,75)(H,57,76)(H,58,73)(H,59,74)(H,60,72)(H,61,77)(H,68,69)(H,70,71)(H,79,80)(H,81,82)(H3,51,53,62,63,78)/t29-,30-,31-,32+,33+,34-,35+/m0/s1. The number of ketones is 3. The van der Waals surface area contributed by atoms with Gasteiger partial charge in [0, 0.05) is 55.5 Å². The van der Waals surface area contributed by atoms with Gasteiger partial charge in [0.1, 0.15) is 59.6 Å². The molecule has 2 heterocycles. The van der Waals surface area contributed by atoms with Crippen LogP contribution >= 0.6 is 12.6 Å². The number of rotatable bonds is 37. The maximum absolute atomic E-state index is 14.0. The van der Waals surface area contributed by atoms with Crippen LogP contribution < -0.4 is 53.8 Å². The number of carbonyl (C=O) groups excluding carboxylic acids is 10. The number of carboxylic acid groups (broad SMARTS) is 4. The average molecular weight is 1180 g/mol. The van der Waals surface area contributed by atoms with E-state index in [4.69, 9.17) is 5.73 Å². The number of hydrogen-bond acceptors (Lipinski definition) is 21. The molecule has 0 aliphatic rings. The number of aromatic nitrogens is 4. The Morgan fingerprint density at radius 1 is 0.530 bits per heavy atom. The van der Waals surface area contributed by atoms with Gasteiger partial charge in [-0.15, -0.1) is 0 Å². The van der Waals surface area contributed by atoms with Crippen LogP contribution in [-0.2, 0) is 68.9 Å². The molecule has 2 aromatic heterocycles. The molecule has 0 fully saturated rings. The van der Waals surface area contributed by atoms with E-state index < -0.39 is 188 Å². The lowest BCUT2D eigenvalue weighted by Crippen LogP contribution is -2.59. The van der Waals surface area contributed by atoms with Crippen molar-refractivity contribution in [2.45, 2.75) is 147 Å². The third-order valence-corrected chi connectivity index (χ3v) is 12.4. The lowest BCUT2D eigenvalue weighted by molar-refractivity contribution is -0.142. The molecule has 0 saturated carbocycles. The van der Waals surface area contributed by atoms with E-state index in [1.54, 1.807) is 0 Å². The number of thiol groups is 1. The van der Waals surface area contributed by atoms with E-state index in [9.17, 15) is 92.3 Å². The maximum Gasteiger partial charge on any atom is 0.327 e. The fourth-order valence-corrected chi connectivity index (χ4v) is 7.75. The number of nitrogen functional groups attached to an aromatic ring is 1. The molecule has 0 saturated heterocycles. The van der Waals surface area contributed by atoms with E-state index >= 15 is 0 Å². The number of nitrogens with zero attached hydrogens (tertiary/aromatic N) is 3. The Bertz CT molecular complexity index is 2990. The number of nitrogens with two attached hydrogens (primary N) is 1. The SMILES string of the molecule is CC(=O)CC[C@H](NC(=O)CC[C@H](NC(=O)c1ccc(NCc2cnc3nc(N)[nH]c(=O)c3n2)cc1)C(=O)O)C(=O)N[C@H](CCC(=O)O)C(=O)N[C@@H](CCC(C)=O)C(=O)N[C@H](CCC(=O)O)C(=O)N[C@@H](CCC(C)=O)C(=O)N[C@H](CS)C(=O)O. The molecule has 0 spiro atoms. The molecule has 3 rings (SSSR count). The Morgan fingerprint density at radius 2 is 0.928 bits per heavy atom. The fourth-order valence-electron chi connectivity index (χ4n) is 7.50. The van der Waals surface area contributed by atoms with Gasteiger partial charge in [0.25, 0.3) is 11.5 Å². The van der Waals surface area contributed by atoms with Gasteiger partial charge in [-0.25, -0.2) is 19.6 Å². The van der Waals surface area contributed by atoms with Crippen molar-refractivity contribution in [3.8, 4) is 0 Å². The van der Waals surface area contributed by atoms with Gasteiger partial charge in [0.2, 0.25) is 41.4 Å². The average Bonchev–Trinajstić information content (AvgIpc) is 3.50. The number of amides is 7. The predicted molar refractivity (Wildman–Crippen MR) is 291 cm³/mol. The van der Waals surface area contributed by atoms with E-state index in [1.165, 1.54) is 44.3 Å². The molecule has 83 heavy (non-hydrogen) atoms. The van der Waals surface area contributed by atoms with E-state index in [0.717, 1.165) is 6.92 Å². The Kier molecular flexibility index (Phi) is 27.3. The molecule has 0 unspecified atom stereocenters. The van der Waals surface area contributed by atoms with Crippen LogP contribution in [0, 0.1) is 0 Å². The smallest absolute Gasteiger partial charge is 0.327 e. The molecule has 0 bridgehead atoms. The van der Waals surface area contributed by atoms with Crippen molar-refractivity contribution in [3.63, 3.8) is 0 Å². The van der Waals surface area contributed by atoms with Gasteiger partial charge in [-0.1, -0.05) is 0 Å². The Balaban J connectivity index is 1.77. The highest BCUT2D eigenvalue weighted by Gasteiger charge is 2.34. The zero-order valence-corrected chi connectivity index (χ0v) is 46.0. The van der Waals surface area contributed by atoms with Gasteiger partial charge < -0.3 is 83.1 Å². The Hall–Kier alpha value is -9.43. The van der Waals surface area contributed by atoms with Crippen LogP contribution in [0.3, 0.4) is 0 Å². The third-order valence-electron chi connectivity index (χ3n) is 12.0. The minimum atomic E-state index is -1.83. The van der Waals surface area contributed by atoms with Crippen molar-refractivity contribution in [2.75, 3.05) is 16.8 Å². The van der Waals surface area contributed by atoms with Crippen LogP contribution in [0.1, 0.15) is 114 Å². The quantitative estimate of drug-likeness (QED) is 0.0268. The number of carboxylic acids is 4. The second-order valence-electron chi connectivity index (χ2n) is 18.9. The largest absolute Gasteiger partial charge is 0.481 e.